The molecule has 1 saturated carbocycles. The molecule has 2 rings (SSSR count). The van der Waals surface area contributed by atoms with Gasteiger partial charge in [-0.25, -0.2) is 13.1 Å². The van der Waals surface area contributed by atoms with Crippen LogP contribution in [-0.2, 0) is 14.8 Å². The number of carboxylic acids is 1. The minimum Gasteiger partial charge on any atom is -0.481 e. The van der Waals surface area contributed by atoms with Gasteiger partial charge < -0.3 is 5.11 Å². The predicted octanol–water partition coefficient (Wildman–Crippen LogP) is 3.19. The highest BCUT2D eigenvalue weighted by atomic mass is 79.9. The molecule has 1 aliphatic rings. The summed E-state index contributed by atoms with van der Waals surface area (Å²) in [6.07, 6.45) is 2.13. The Labute approximate surface area is 138 Å². The lowest BCUT2D eigenvalue weighted by atomic mass is 9.87. The molecule has 0 aliphatic heterocycles. The Hall–Kier alpha value is 0.0400. The van der Waals surface area contributed by atoms with Crippen LogP contribution in [0.25, 0.3) is 0 Å². The average molecular weight is 447 g/mol. The lowest BCUT2D eigenvalue weighted by Gasteiger charge is -2.26. The van der Waals surface area contributed by atoms with Crippen molar-refractivity contribution < 1.29 is 18.3 Å². The Morgan fingerprint density at radius 3 is 2.35 bits per heavy atom. The molecule has 0 amide bonds. The van der Waals surface area contributed by atoms with Gasteiger partial charge in [0.1, 0.15) is 4.90 Å². The highest BCUT2D eigenvalue weighted by molar-refractivity contribution is 9.12. The normalized spacial score (nSPS) is 23.7. The Bertz CT molecular complexity index is 606. The van der Waals surface area contributed by atoms with Crippen molar-refractivity contribution in [2.24, 2.45) is 5.92 Å². The molecule has 0 spiro atoms. The van der Waals surface area contributed by atoms with Gasteiger partial charge in [0.2, 0.25) is 10.0 Å². The Kier molecular flexibility index (Phi) is 5.28. The van der Waals surface area contributed by atoms with E-state index in [4.69, 9.17) is 5.11 Å². The van der Waals surface area contributed by atoms with E-state index in [0.29, 0.717) is 29.5 Å². The second kappa shape index (κ2) is 6.43. The van der Waals surface area contributed by atoms with Crippen LogP contribution in [0.5, 0.6) is 0 Å². The minimum atomic E-state index is -3.57. The fraction of sp³-hybridized carbons (Fsp3) is 0.545. The number of hydrogen-bond donors (Lipinski definition) is 2. The molecular formula is C11H13Br2NO4S2. The van der Waals surface area contributed by atoms with Crippen molar-refractivity contribution in [1.29, 1.82) is 0 Å². The van der Waals surface area contributed by atoms with Gasteiger partial charge >= 0.3 is 5.97 Å². The van der Waals surface area contributed by atoms with Crippen LogP contribution in [0.15, 0.2) is 18.5 Å². The van der Waals surface area contributed by atoms with Gasteiger partial charge in [-0.1, -0.05) is 0 Å². The first kappa shape index (κ1) is 16.4. The van der Waals surface area contributed by atoms with E-state index in [1.54, 1.807) is 6.07 Å². The molecule has 1 aromatic rings. The van der Waals surface area contributed by atoms with Crippen LogP contribution in [0.4, 0.5) is 0 Å². The van der Waals surface area contributed by atoms with E-state index in [1.165, 1.54) is 11.3 Å². The number of thiophene rings is 1. The van der Waals surface area contributed by atoms with Crippen molar-refractivity contribution >= 4 is 59.2 Å². The van der Waals surface area contributed by atoms with Crippen LogP contribution in [0.1, 0.15) is 25.7 Å². The molecule has 112 valence electrons. The second-order valence-corrected chi connectivity index (χ2v) is 10.1. The standard InChI is InChI=1S/C11H13Br2NO4S2/c12-9-5-8(10(13)19-9)20(17,18)14-7-3-1-6(2-4-7)11(15)16/h5-7,14H,1-4H2,(H,15,16). The predicted molar refractivity (Wildman–Crippen MR) is 83.4 cm³/mol. The number of sulfonamides is 1. The third kappa shape index (κ3) is 3.82. The second-order valence-electron chi connectivity index (χ2n) is 4.70. The highest BCUT2D eigenvalue weighted by Crippen LogP contribution is 2.35. The number of rotatable bonds is 4. The number of halogens is 2. The SMILES string of the molecule is O=C(O)C1CCC(NS(=O)(=O)c2cc(Br)sc2Br)CC1. The smallest absolute Gasteiger partial charge is 0.306 e. The third-order valence-corrected chi connectivity index (χ3v) is 7.59. The van der Waals surface area contributed by atoms with Gasteiger partial charge in [-0.3, -0.25) is 4.79 Å². The molecule has 0 atom stereocenters. The van der Waals surface area contributed by atoms with E-state index < -0.39 is 16.0 Å². The number of aliphatic carboxylic acids is 1. The topological polar surface area (TPSA) is 83.5 Å². The molecular weight excluding hydrogens is 434 g/mol. The van der Waals surface area contributed by atoms with Crippen molar-refractivity contribution in [2.45, 2.75) is 36.6 Å². The van der Waals surface area contributed by atoms with Crippen LogP contribution >= 0.6 is 43.2 Å². The zero-order valence-corrected chi connectivity index (χ0v) is 15.1. The summed E-state index contributed by atoms with van der Waals surface area (Å²) >= 11 is 7.79. The molecule has 1 aliphatic carbocycles. The molecule has 0 unspecified atom stereocenters. The lowest BCUT2D eigenvalue weighted by molar-refractivity contribution is -0.142. The maximum Gasteiger partial charge on any atom is 0.306 e. The van der Waals surface area contributed by atoms with E-state index in [1.807, 2.05) is 0 Å². The summed E-state index contributed by atoms with van der Waals surface area (Å²) in [6.45, 7) is 0. The number of nitrogens with one attached hydrogen (secondary N) is 1. The van der Waals surface area contributed by atoms with Gasteiger partial charge in [0.25, 0.3) is 0 Å². The Morgan fingerprint density at radius 1 is 1.30 bits per heavy atom. The molecule has 1 aromatic heterocycles. The molecule has 9 heteroatoms. The Morgan fingerprint density at radius 2 is 1.90 bits per heavy atom. The molecule has 1 fully saturated rings. The molecule has 0 radical (unpaired) electrons. The minimum absolute atomic E-state index is 0.193. The first-order valence-corrected chi connectivity index (χ1v) is 9.88. The van der Waals surface area contributed by atoms with E-state index in [2.05, 4.69) is 36.6 Å². The van der Waals surface area contributed by atoms with Gasteiger partial charge in [-0.15, -0.1) is 11.3 Å². The van der Waals surface area contributed by atoms with Gasteiger partial charge in [0, 0.05) is 6.04 Å². The van der Waals surface area contributed by atoms with Crippen LogP contribution in [0, 0.1) is 5.92 Å². The number of carboxylic acid groups (broad SMARTS) is 1. The molecule has 1 heterocycles. The van der Waals surface area contributed by atoms with Crippen LogP contribution < -0.4 is 4.72 Å². The average Bonchev–Trinajstić information content (AvgIpc) is 2.69. The zero-order chi connectivity index (χ0) is 14.9. The van der Waals surface area contributed by atoms with E-state index in [0.717, 1.165) is 3.79 Å². The maximum atomic E-state index is 12.3. The molecule has 0 bridgehead atoms. The summed E-state index contributed by atoms with van der Waals surface area (Å²) in [5.74, 6) is -1.14. The molecule has 5 nitrogen and oxygen atoms in total. The monoisotopic (exact) mass is 445 g/mol. The van der Waals surface area contributed by atoms with Gasteiger partial charge in [-0.2, -0.15) is 0 Å². The number of hydrogen-bond acceptors (Lipinski definition) is 4. The summed E-state index contributed by atoms with van der Waals surface area (Å²) in [6, 6.07) is 1.36. The van der Waals surface area contributed by atoms with Crippen LogP contribution in [0.3, 0.4) is 0 Å². The summed E-state index contributed by atoms with van der Waals surface area (Å²) in [5, 5.41) is 8.93. The maximum absolute atomic E-state index is 12.3. The van der Waals surface area contributed by atoms with Crippen molar-refractivity contribution in [3.05, 3.63) is 13.6 Å². The summed E-state index contributed by atoms with van der Waals surface area (Å²) < 4.78 is 28.5. The molecule has 2 N–H and O–H groups in total. The highest BCUT2D eigenvalue weighted by Gasteiger charge is 2.30. The molecule has 0 aromatic carbocycles. The first-order chi connectivity index (χ1) is 9.29. The molecule has 0 saturated heterocycles. The van der Waals surface area contributed by atoms with Crippen LogP contribution in [-0.4, -0.2) is 25.5 Å². The fourth-order valence-corrected chi connectivity index (χ4v) is 7.37. The van der Waals surface area contributed by atoms with Crippen molar-refractivity contribution in [3.63, 3.8) is 0 Å². The zero-order valence-electron chi connectivity index (χ0n) is 10.3. The lowest BCUT2D eigenvalue weighted by Crippen LogP contribution is -2.38. The molecule has 20 heavy (non-hydrogen) atoms. The van der Waals surface area contributed by atoms with Gasteiger partial charge in [0.15, 0.2) is 0 Å². The summed E-state index contributed by atoms with van der Waals surface area (Å²) in [5.41, 5.74) is 0. The van der Waals surface area contributed by atoms with Crippen molar-refractivity contribution in [2.75, 3.05) is 0 Å². The number of carbonyl (C=O) groups is 1. The van der Waals surface area contributed by atoms with Crippen molar-refractivity contribution in [3.8, 4) is 0 Å². The van der Waals surface area contributed by atoms with Crippen molar-refractivity contribution in [1.82, 2.24) is 4.72 Å². The van der Waals surface area contributed by atoms with Crippen LogP contribution in [0.2, 0.25) is 0 Å². The van der Waals surface area contributed by atoms with Gasteiger partial charge in [0.05, 0.1) is 13.5 Å². The van der Waals surface area contributed by atoms with E-state index in [-0.39, 0.29) is 16.9 Å². The first-order valence-electron chi connectivity index (χ1n) is 5.99. The Balaban J connectivity index is 2.03. The fourth-order valence-electron chi connectivity index (χ4n) is 2.25. The third-order valence-electron chi connectivity index (χ3n) is 3.31. The quantitative estimate of drug-likeness (QED) is 0.743. The largest absolute Gasteiger partial charge is 0.481 e. The van der Waals surface area contributed by atoms with E-state index in [9.17, 15) is 13.2 Å². The van der Waals surface area contributed by atoms with Gasteiger partial charge in [-0.05, 0) is 63.6 Å². The summed E-state index contributed by atoms with van der Waals surface area (Å²) in [7, 11) is -3.57. The summed E-state index contributed by atoms with van der Waals surface area (Å²) in [4.78, 5) is 11.1. The van der Waals surface area contributed by atoms with E-state index >= 15 is 0 Å².